The van der Waals surface area contributed by atoms with Crippen molar-refractivity contribution in [1.29, 1.82) is 0 Å². The van der Waals surface area contributed by atoms with Crippen LogP contribution in [0.3, 0.4) is 0 Å². The van der Waals surface area contributed by atoms with Crippen LogP contribution in [0.1, 0.15) is 11.4 Å². The van der Waals surface area contributed by atoms with Gasteiger partial charge in [-0.05, 0) is 53.1 Å². The number of nitrogens with zero attached hydrogens (tertiary/aromatic N) is 6. The minimum Gasteiger partial charge on any atom is -0.325 e. The smallest absolute Gasteiger partial charge is 0.161 e. The zero-order valence-electron chi connectivity index (χ0n) is 16.2. The lowest BCUT2D eigenvalue weighted by Gasteiger charge is -2.08. The summed E-state index contributed by atoms with van der Waals surface area (Å²) in [5.74, 6) is 2.51. The summed E-state index contributed by atoms with van der Waals surface area (Å²) in [5, 5.41) is 16.9. The first-order valence-corrected chi connectivity index (χ1v) is 9.83. The molecule has 8 heteroatoms. The third-order valence-electron chi connectivity index (χ3n) is 4.93. The summed E-state index contributed by atoms with van der Waals surface area (Å²) < 4.78 is 3.77. The van der Waals surface area contributed by atoms with E-state index >= 15 is 0 Å². The van der Waals surface area contributed by atoms with Crippen LogP contribution in [0.2, 0.25) is 5.02 Å². The molecule has 0 amide bonds. The number of rotatable bonds is 5. The predicted molar refractivity (Wildman–Crippen MR) is 117 cm³/mol. The van der Waals surface area contributed by atoms with Gasteiger partial charge in [-0.15, -0.1) is 10.2 Å². The van der Waals surface area contributed by atoms with Gasteiger partial charge in [0.25, 0.3) is 0 Å². The van der Waals surface area contributed by atoms with E-state index in [0.29, 0.717) is 6.42 Å². The number of anilines is 2. The van der Waals surface area contributed by atoms with Crippen LogP contribution in [0, 0.1) is 0 Å². The molecule has 0 saturated carbocycles. The van der Waals surface area contributed by atoms with Gasteiger partial charge in [0.2, 0.25) is 0 Å². The first-order chi connectivity index (χ1) is 14.7. The molecular weight excluding hydrogens is 398 g/mol. The highest BCUT2D eigenvalue weighted by atomic mass is 35.5. The average molecular weight is 416 g/mol. The highest BCUT2D eigenvalue weighted by Crippen LogP contribution is 2.24. The molecule has 0 bridgehead atoms. The molecule has 0 unspecified atom stereocenters. The van der Waals surface area contributed by atoms with Crippen molar-refractivity contribution in [2.75, 3.05) is 5.32 Å². The van der Waals surface area contributed by atoms with Crippen molar-refractivity contribution in [2.24, 2.45) is 7.05 Å². The maximum Gasteiger partial charge on any atom is 0.161 e. The third kappa shape index (κ3) is 3.62. The molecule has 1 N–H and O–H groups in total. The van der Waals surface area contributed by atoms with E-state index < -0.39 is 0 Å². The van der Waals surface area contributed by atoms with Crippen LogP contribution in [-0.2, 0) is 13.5 Å². The van der Waals surface area contributed by atoms with Crippen LogP contribution in [0.25, 0.3) is 16.8 Å². The molecule has 0 saturated heterocycles. The Morgan fingerprint density at radius 1 is 0.933 bits per heavy atom. The Morgan fingerprint density at radius 2 is 1.77 bits per heavy atom. The van der Waals surface area contributed by atoms with E-state index in [4.69, 9.17) is 11.6 Å². The second-order valence-corrected chi connectivity index (χ2v) is 7.39. The topological polar surface area (TPSA) is 72.9 Å². The number of fused-ring (bicyclic) bond motifs is 1. The predicted octanol–water partition coefficient (Wildman–Crippen LogP) is 4.51. The Labute approximate surface area is 178 Å². The van der Waals surface area contributed by atoms with Crippen molar-refractivity contribution < 1.29 is 0 Å². The molecule has 0 aliphatic carbocycles. The monoisotopic (exact) mass is 415 g/mol. The van der Waals surface area contributed by atoms with Crippen LogP contribution in [0.15, 0.2) is 73.2 Å². The lowest BCUT2D eigenvalue weighted by molar-refractivity contribution is 0.776. The van der Waals surface area contributed by atoms with Crippen molar-refractivity contribution in [1.82, 2.24) is 29.4 Å². The molecule has 0 fully saturated rings. The molecule has 30 heavy (non-hydrogen) atoms. The summed E-state index contributed by atoms with van der Waals surface area (Å²) in [4.78, 5) is 4.41. The van der Waals surface area contributed by atoms with E-state index in [0.717, 1.165) is 44.8 Å². The zero-order valence-corrected chi connectivity index (χ0v) is 17.0. The number of nitrogens with one attached hydrogen (secondary N) is 1. The van der Waals surface area contributed by atoms with Gasteiger partial charge in [-0.3, -0.25) is 9.08 Å². The van der Waals surface area contributed by atoms with Gasteiger partial charge in [0.1, 0.15) is 17.5 Å². The van der Waals surface area contributed by atoms with Crippen LogP contribution >= 0.6 is 11.6 Å². The summed E-state index contributed by atoms with van der Waals surface area (Å²) in [6, 6.07) is 17.8. The fourth-order valence-corrected chi connectivity index (χ4v) is 3.46. The molecule has 0 atom stereocenters. The van der Waals surface area contributed by atoms with Gasteiger partial charge in [-0.25, -0.2) is 4.98 Å². The van der Waals surface area contributed by atoms with Crippen LogP contribution in [0.4, 0.5) is 11.6 Å². The van der Waals surface area contributed by atoms with Crippen LogP contribution in [0.5, 0.6) is 0 Å². The molecule has 5 aromatic rings. The van der Waals surface area contributed by atoms with E-state index in [1.807, 2.05) is 66.2 Å². The van der Waals surface area contributed by atoms with Gasteiger partial charge in [0.05, 0.1) is 6.20 Å². The molecule has 0 radical (unpaired) electrons. The van der Waals surface area contributed by atoms with Crippen LogP contribution in [-0.4, -0.2) is 29.4 Å². The van der Waals surface area contributed by atoms with Gasteiger partial charge < -0.3 is 5.32 Å². The summed E-state index contributed by atoms with van der Waals surface area (Å²) in [6.45, 7) is 0. The van der Waals surface area contributed by atoms with Crippen molar-refractivity contribution in [3.63, 3.8) is 0 Å². The Morgan fingerprint density at radius 3 is 2.57 bits per heavy atom. The van der Waals surface area contributed by atoms with Crippen molar-refractivity contribution in [2.45, 2.75) is 6.42 Å². The van der Waals surface area contributed by atoms with E-state index in [2.05, 4.69) is 31.7 Å². The SMILES string of the molecule is Cn1nccc1Nc1cc(-c2ccn3c(Cc4ccc(Cl)cc4)nnc3c2)ccn1. The van der Waals surface area contributed by atoms with Crippen molar-refractivity contribution in [3.05, 3.63) is 89.6 Å². The summed E-state index contributed by atoms with van der Waals surface area (Å²) in [7, 11) is 1.88. The molecule has 0 aliphatic heterocycles. The fourth-order valence-electron chi connectivity index (χ4n) is 3.33. The van der Waals surface area contributed by atoms with E-state index in [-0.39, 0.29) is 0 Å². The summed E-state index contributed by atoms with van der Waals surface area (Å²) in [6.07, 6.45) is 6.22. The molecule has 7 nitrogen and oxygen atoms in total. The number of halogens is 1. The Balaban J connectivity index is 1.42. The summed E-state index contributed by atoms with van der Waals surface area (Å²) in [5.41, 5.74) is 4.02. The van der Waals surface area contributed by atoms with Gasteiger partial charge in [0.15, 0.2) is 5.65 Å². The quantitative estimate of drug-likeness (QED) is 0.457. The Kier molecular flexibility index (Phi) is 4.65. The largest absolute Gasteiger partial charge is 0.325 e. The van der Waals surface area contributed by atoms with E-state index in [1.54, 1.807) is 17.1 Å². The molecule has 5 rings (SSSR count). The Hall–Kier alpha value is -3.71. The molecule has 148 valence electrons. The first-order valence-electron chi connectivity index (χ1n) is 9.45. The van der Waals surface area contributed by atoms with E-state index in [9.17, 15) is 0 Å². The highest BCUT2D eigenvalue weighted by Gasteiger charge is 2.09. The standard InChI is InChI=1S/C22H18ClN7/c1-29-20(7-10-25-29)26-19-13-16(6-9-24-19)17-8-11-30-21(27-28-22(30)14-17)12-15-2-4-18(23)5-3-15/h2-11,13-14H,12H2,1H3,(H,24,26). The normalized spacial score (nSPS) is 11.1. The van der Waals surface area contributed by atoms with Gasteiger partial charge in [-0.2, -0.15) is 5.10 Å². The number of aromatic nitrogens is 6. The third-order valence-corrected chi connectivity index (χ3v) is 5.18. The molecule has 0 aliphatic rings. The number of hydrogen-bond acceptors (Lipinski definition) is 5. The molecule has 4 heterocycles. The average Bonchev–Trinajstić information content (AvgIpc) is 3.35. The Bertz CT molecular complexity index is 1320. The lowest BCUT2D eigenvalue weighted by atomic mass is 10.1. The minimum absolute atomic E-state index is 0.686. The maximum atomic E-state index is 5.98. The number of benzene rings is 1. The first kappa shape index (κ1) is 18.3. The molecular formula is C22H18ClN7. The second kappa shape index (κ2) is 7.61. The van der Waals surface area contributed by atoms with Gasteiger partial charge in [-0.1, -0.05) is 23.7 Å². The molecule has 0 spiro atoms. The maximum absolute atomic E-state index is 5.98. The summed E-state index contributed by atoms with van der Waals surface area (Å²) >= 11 is 5.98. The highest BCUT2D eigenvalue weighted by molar-refractivity contribution is 6.30. The van der Waals surface area contributed by atoms with Gasteiger partial charge in [0, 0.05) is 37.0 Å². The number of pyridine rings is 2. The van der Waals surface area contributed by atoms with Crippen molar-refractivity contribution >= 4 is 28.9 Å². The zero-order chi connectivity index (χ0) is 20.5. The lowest BCUT2D eigenvalue weighted by Crippen LogP contribution is -2.00. The van der Waals surface area contributed by atoms with Crippen LogP contribution < -0.4 is 5.32 Å². The fraction of sp³-hybridized carbons (Fsp3) is 0.0909. The van der Waals surface area contributed by atoms with Gasteiger partial charge >= 0.3 is 0 Å². The second-order valence-electron chi connectivity index (χ2n) is 6.96. The van der Waals surface area contributed by atoms with Crippen molar-refractivity contribution in [3.8, 4) is 11.1 Å². The molecule has 1 aromatic carbocycles. The number of hydrogen-bond donors (Lipinski definition) is 1. The minimum atomic E-state index is 0.686. The number of aryl methyl sites for hydroxylation is 1. The van der Waals surface area contributed by atoms with E-state index in [1.165, 1.54) is 0 Å². The molecule has 4 aromatic heterocycles.